The van der Waals surface area contributed by atoms with Gasteiger partial charge in [0.1, 0.15) is 0 Å². The fourth-order valence-electron chi connectivity index (χ4n) is 2.94. The summed E-state index contributed by atoms with van der Waals surface area (Å²) in [6, 6.07) is 7.55. The van der Waals surface area contributed by atoms with Crippen LogP contribution in [0.1, 0.15) is 12.0 Å². The fraction of sp³-hybridized carbons (Fsp3) is 0.125. The third-order valence-electron chi connectivity index (χ3n) is 4.56. The van der Waals surface area contributed by atoms with Crippen LogP contribution in [0.25, 0.3) is 6.08 Å². The van der Waals surface area contributed by atoms with E-state index in [1.54, 1.807) is 0 Å². The zero-order valence-corrected chi connectivity index (χ0v) is 16.0. The number of nitrogens with one attached hydrogen (secondary N) is 3. The van der Waals surface area contributed by atoms with Gasteiger partial charge in [-0.3, -0.25) is 0 Å². The van der Waals surface area contributed by atoms with Crippen LogP contribution in [0.2, 0.25) is 0 Å². The predicted molar refractivity (Wildman–Crippen MR) is 120 cm³/mol. The maximum absolute atomic E-state index is 8.37. The van der Waals surface area contributed by atoms with Crippen molar-refractivity contribution < 1.29 is 0 Å². The number of allylic oxidation sites excluding steroid dienone is 9. The van der Waals surface area contributed by atoms with Crippen LogP contribution in [-0.2, 0) is 0 Å². The number of dihydropyridines is 1. The summed E-state index contributed by atoms with van der Waals surface area (Å²) in [6.07, 6.45) is 23.0. The molecule has 1 aromatic rings. The van der Waals surface area contributed by atoms with Gasteiger partial charge >= 0.3 is 0 Å². The number of likely N-dealkylation sites (N-methyl/N-ethyl adjacent to an activating group) is 1. The van der Waals surface area contributed by atoms with E-state index in [4.69, 9.17) is 11.1 Å². The molecule has 1 aliphatic carbocycles. The van der Waals surface area contributed by atoms with E-state index < -0.39 is 0 Å². The van der Waals surface area contributed by atoms with Crippen molar-refractivity contribution in [2.24, 2.45) is 0 Å². The van der Waals surface area contributed by atoms with Gasteiger partial charge in [-0.1, -0.05) is 54.7 Å². The number of anilines is 1. The molecule has 1 heterocycles. The van der Waals surface area contributed by atoms with Gasteiger partial charge in [0.2, 0.25) is 0 Å². The highest BCUT2D eigenvalue weighted by Gasteiger charge is 2.15. The number of rotatable bonds is 6. The van der Waals surface area contributed by atoms with Crippen molar-refractivity contribution in [3.63, 3.8) is 0 Å². The Bertz CT molecular complexity index is 922. The van der Waals surface area contributed by atoms with E-state index in [9.17, 15) is 0 Å². The van der Waals surface area contributed by atoms with Crippen molar-refractivity contribution in [3.05, 3.63) is 108 Å². The normalized spacial score (nSPS) is 19.0. The predicted octanol–water partition coefficient (Wildman–Crippen LogP) is 4.26. The van der Waals surface area contributed by atoms with Gasteiger partial charge < -0.3 is 21.8 Å². The Hall–Kier alpha value is -3.53. The molecule has 4 heteroatoms. The lowest BCUT2D eigenvalue weighted by Crippen LogP contribution is -2.35. The maximum atomic E-state index is 8.37. The highest BCUT2D eigenvalue weighted by Crippen LogP contribution is 2.19. The Kier molecular flexibility index (Phi) is 6.47. The minimum absolute atomic E-state index is 0.137. The van der Waals surface area contributed by atoms with E-state index >= 15 is 0 Å². The van der Waals surface area contributed by atoms with Crippen molar-refractivity contribution in [1.29, 1.82) is 5.41 Å². The zero-order chi connectivity index (χ0) is 19.8. The summed E-state index contributed by atoms with van der Waals surface area (Å²) >= 11 is 0. The number of nitrogens with two attached hydrogens (primary N) is 1. The van der Waals surface area contributed by atoms with Crippen molar-refractivity contribution in [3.8, 4) is 0 Å². The van der Waals surface area contributed by atoms with Gasteiger partial charge in [0.05, 0.1) is 11.8 Å². The standard InChI is InChI=1S/C24H26N4/c1-27-21-8-4-7-19(14-17-21)23-10-5-11-24(28-23)22(26)9-3-2-6-18-12-15-20(25)16-13-18/h2-6,8-17,24,26-28H,7,25H2,1H3/b6-2+,9-3-,26-22?. The molecular formula is C24H26N4. The molecule has 0 saturated heterocycles. The molecule has 0 radical (unpaired) electrons. The molecule has 4 nitrogen and oxygen atoms in total. The molecule has 142 valence electrons. The lowest BCUT2D eigenvalue weighted by molar-refractivity contribution is 0.805. The smallest absolute Gasteiger partial charge is 0.0865 e. The molecule has 1 atom stereocenters. The van der Waals surface area contributed by atoms with Gasteiger partial charge in [-0.15, -0.1) is 0 Å². The van der Waals surface area contributed by atoms with Crippen molar-refractivity contribution in [1.82, 2.24) is 10.6 Å². The summed E-state index contributed by atoms with van der Waals surface area (Å²) in [5, 5.41) is 15.0. The average Bonchev–Trinajstić information content (AvgIpc) is 2.98. The Labute approximate surface area is 166 Å². The quantitative estimate of drug-likeness (QED) is 0.343. The lowest BCUT2D eigenvalue weighted by Gasteiger charge is -2.22. The first-order valence-corrected chi connectivity index (χ1v) is 9.35. The molecule has 1 aromatic carbocycles. The highest BCUT2D eigenvalue weighted by molar-refractivity contribution is 5.98. The molecule has 2 aliphatic rings. The van der Waals surface area contributed by atoms with Crippen molar-refractivity contribution >= 4 is 17.5 Å². The SMILES string of the molecule is CNC1=CC=C(C2=CC=CC(C(=N)/C=C\C=C\c3ccc(N)cc3)N2)CC=C1. The molecule has 0 saturated carbocycles. The van der Waals surface area contributed by atoms with Crippen LogP contribution in [0.3, 0.4) is 0 Å². The second kappa shape index (κ2) is 9.42. The minimum Gasteiger partial charge on any atom is -0.399 e. The number of benzene rings is 1. The maximum Gasteiger partial charge on any atom is 0.0865 e. The molecule has 0 amide bonds. The highest BCUT2D eigenvalue weighted by atomic mass is 14.9. The topological polar surface area (TPSA) is 73.9 Å². The molecule has 0 aromatic heterocycles. The van der Waals surface area contributed by atoms with Crippen LogP contribution in [0.5, 0.6) is 0 Å². The third kappa shape index (κ3) is 5.24. The third-order valence-corrected chi connectivity index (χ3v) is 4.56. The summed E-state index contributed by atoms with van der Waals surface area (Å²) in [4.78, 5) is 0. The Morgan fingerprint density at radius 3 is 2.79 bits per heavy atom. The lowest BCUT2D eigenvalue weighted by atomic mass is 10.0. The first-order valence-electron chi connectivity index (χ1n) is 9.35. The van der Waals surface area contributed by atoms with Crippen molar-refractivity contribution in [2.75, 3.05) is 12.8 Å². The fourth-order valence-corrected chi connectivity index (χ4v) is 2.94. The Morgan fingerprint density at radius 1 is 1.18 bits per heavy atom. The Balaban J connectivity index is 1.60. The number of hydrogen-bond donors (Lipinski definition) is 4. The van der Waals surface area contributed by atoms with Crippen LogP contribution in [0.4, 0.5) is 5.69 Å². The van der Waals surface area contributed by atoms with Gasteiger partial charge in [-0.2, -0.15) is 0 Å². The molecule has 0 fully saturated rings. The molecule has 3 rings (SSSR count). The van der Waals surface area contributed by atoms with E-state index in [0.29, 0.717) is 5.71 Å². The number of nitrogen functional groups attached to an aromatic ring is 1. The average molecular weight is 371 g/mol. The second-order valence-corrected chi connectivity index (χ2v) is 6.60. The van der Waals surface area contributed by atoms with Gasteiger partial charge in [0.25, 0.3) is 0 Å². The summed E-state index contributed by atoms with van der Waals surface area (Å²) in [5.41, 5.74) is 11.4. The van der Waals surface area contributed by atoms with Crippen LogP contribution >= 0.6 is 0 Å². The summed E-state index contributed by atoms with van der Waals surface area (Å²) in [5.74, 6) is 0. The van der Waals surface area contributed by atoms with E-state index in [1.165, 1.54) is 5.57 Å². The Morgan fingerprint density at radius 2 is 2.00 bits per heavy atom. The van der Waals surface area contributed by atoms with Gasteiger partial charge in [0, 0.05) is 24.1 Å². The van der Waals surface area contributed by atoms with Gasteiger partial charge in [-0.05, 0) is 54.0 Å². The summed E-state index contributed by atoms with van der Waals surface area (Å²) in [7, 11) is 1.92. The van der Waals surface area contributed by atoms with Crippen LogP contribution in [-0.4, -0.2) is 18.8 Å². The summed E-state index contributed by atoms with van der Waals surface area (Å²) < 4.78 is 0. The van der Waals surface area contributed by atoms with Crippen LogP contribution in [0, 0.1) is 5.41 Å². The minimum atomic E-state index is -0.137. The monoisotopic (exact) mass is 370 g/mol. The second-order valence-electron chi connectivity index (χ2n) is 6.60. The first-order chi connectivity index (χ1) is 13.7. The number of hydrogen-bond acceptors (Lipinski definition) is 4. The molecule has 0 bridgehead atoms. The summed E-state index contributed by atoms with van der Waals surface area (Å²) in [6.45, 7) is 0. The van der Waals surface area contributed by atoms with E-state index in [-0.39, 0.29) is 6.04 Å². The van der Waals surface area contributed by atoms with E-state index in [1.807, 2.05) is 67.8 Å². The molecule has 0 spiro atoms. The van der Waals surface area contributed by atoms with Gasteiger partial charge in [0.15, 0.2) is 0 Å². The van der Waals surface area contributed by atoms with Crippen molar-refractivity contribution in [2.45, 2.75) is 12.5 Å². The van der Waals surface area contributed by atoms with E-state index in [0.717, 1.165) is 29.1 Å². The van der Waals surface area contributed by atoms with E-state index in [2.05, 4.69) is 41.0 Å². The molecule has 5 N–H and O–H groups in total. The molecule has 1 aliphatic heterocycles. The largest absolute Gasteiger partial charge is 0.399 e. The molecule has 1 unspecified atom stereocenters. The molecule has 28 heavy (non-hydrogen) atoms. The molecular weight excluding hydrogens is 344 g/mol. The zero-order valence-electron chi connectivity index (χ0n) is 16.0. The van der Waals surface area contributed by atoms with Gasteiger partial charge in [-0.25, -0.2) is 0 Å². The first kappa shape index (κ1) is 19.2. The van der Waals surface area contributed by atoms with Crippen LogP contribution < -0.4 is 16.4 Å². The van der Waals surface area contributed by atoms with Crippen LogP contribution in [0.15, 0.2) is 102 Å².